The van der Waals surface area contributed by atoms with Crippen molar-refractivity contribution in [3.8, 4) is 0 Å². The molecule has 0 aliphatic carbocycles. The Morgan fingerprint density at radius 3 is 2.00 bits per heavy atom. The Kier molecular flexibility index (Phi) is 12.8. The molecule has 2 heteroatoms. The first-order chi connectivity index (χ1) is 6.61. The Bertz CT molecular complexity index is 104. The molecule has 88 valence electrons. The second-order valence-corrected chi connectivity index (χ2v) is 3.90. The number of nitrogens with two attached hydrogens (primary N) is 1. The molecule has 0 aromatic rings. The molecular weight excluding hydrogens is 172 g/mol. The number of rotatable bonds is 0. The highest BCUT2D eigenvalue weighted by atomic mass is 15.1. The van der Waals surface area contributed by atoms with Gasteiger partial charge in [-0.1, -0.05) is 41.0 Å². The maximum atomic E-state index is 5.81. The summed E-state index contributed by atoms with van der Waals surface area (Å²) in [6, 6.07) is 0.446. The molecule has 0 aromatic carbocycles. The van der Waals surface area contributed by atoms with Gasteiger partial charge in [0.15, 0.2) is 0 Å². The standard InChI is InChI=1S/C7H16N2.C3H8.C2H6/c1-6-5-9(2)4-3-7(6)8;1-3-2;1-2/h6-7H,3-5,8H2,1-2H3;3H2,1-2H3;1-2H3. The molecule has 2 atom stereocenters. The fourth-order valence-corrected chi connectivity index (χ4v) is 1.37. The van der Waals surface area contributed by atoms with E-state index in [2.05, 4.69) is 32.7 Å². The average molecular weight is 202 g/mol. The van der Waals surface area contributed by atoms with Gasteiger partial charge >= 0.3 is 0 Å². The molecule has 14 heavy (non-hydrogen) atoms. The summed E-state index contributed by atoms with van der Waals surface area (Å²) in [4.78, 5) is 2.34. The molecule has 0 bridgehead atoms. The summed E-state index contributed by atoms with van der Waals surface area (Å²) < 4.78 is 0. The van der Waals surface area contributed by atoms with Crippen LogP contribution in [0.5, 0.6) is 0 Å². The van der Waals surface area contributed by atoms with Crippen LogP contribution in [-0.2, 0) is 0 Å². The molecule has 1 heterocycles. The maximum Gasteiger partial charge on any atom is 0.00888 e. The van der Waals surface area contributed by atoms with Crippen LogP contribution in [0, 0.1) is 5.92 Å². The molecule has 1 aliphatic heterocycles. The largest absolute Gasteiger partial charge is 0.327 e. The van der Waals surface area contributed by atoms with Crippen molar-refractivity contribution in [1.29, 1.82) is 0 Å². The van der Waals surface area contributed by atoms with Gasteiger partial charge in [0.25, 0.3) is 0 Å². The molecule has 1 saturated heterocycles. The van der Waals surface area contributed by atoms with Gasteiger partial charge < -0.3 is 10.6 Å². The summed E-state index contributed by atoms with van der Waals surface area (Å²) in [5, 5.41) is 0. The molecule has 2 N–H and O–H groups in total. The van der Waals surface area contributed by atoms with Crippen LogP contribution in [-0.4, -0.2) is 31.1 Å². The third-order valence-corrected chi connectivity index (χ3v) is 2.17. The molecule has 2 nitrogen and oxygen atoms in total. The Morgan fingerprint density at radius 1 is 1.29 bits per heavy atom. The smallest absolute Gasteiger partial charge is 0.00888 e. The van der Waals surface area contributed by atoms with Crippen molar-refractivity contribution in [2.24, 2.45) is 11.7 Å². The molecular formula is C12H30N2. The SMILES string of the molecule is CC.CC1CN(C)CCC1N.CCC. The number of piperidine rings is 1. The van der Waals surface area contributed by atoms with Crippen LogP contribution >= 0.6 is 0 Å². The molecule has 0 amide bonds. The van der Waals surface area contributed by atoms with Gasteiger partial charge in [-0.3, -0.25) is 0 Å². The lowest BCUT2D eigenvalue weighted by Gasteiger charge is -2.32. The van der Waals surface area contributed by atoms with Gasteiger partial charge in [-0.2, -0.15) is 0 Å². The van der Waals surface area contributed by atoms with E-state index >= 15 is 0 Å². The van der Waals surface area contributed by atoms with Crippen molar-refractivity contribution >= 4 is 0 Å². The summed E-state index contributed by atoms with van der Waals surface area (Å²) >= 11 is 0. The number of hydrogen-bond acceptors (Lipinski definition) is 2. The number of nitrogens with zero attached hydrogens (tertiary/aromatic N) is 1. The summed E-state index contributed by atoms with van der Waals surface area (Å²) in [5.41, 5.74) is 5.81. The normalized spacial score (nSPS) is 26.8. The van der Waals surface area contributed by atoms with E-state index in [-0.39, 0.29) is 0 Å². The van der Waals surface area contributed by atoms with E-state index in [4.69, 9.17) is 5.73 Å². The van der Waals surface area contributed by atoms with E-state index in [9.17, 15) is 0 Å². The third-order valence-electron chi connectivity index (χ3n) is 2.17. The second kappa shape index (κ2) is 11.0. The molecule has 1 fully saturated rings. The summed E-state index contributed by atoms with van der Waals surface area (Å²) in [7, 11) is 2.16. The minimum absolute atomic E-state index is 0.446. The monoisotopic (exact) mass is 202 g/mol. The van der Waals surface area contributed by atoms with Crippen molar-refractivity contribution in [3.05, 3.63) is 0 Å². The fraction of sp³-hybridized carbons (Fsp3) is 1.00. The Hall–Kier alpha value is -0.0800. The number of hydrogen-bond donors (Lipinski definition) is 1. The van der Waals surface area contributed by atoms with Crippen LogP contribution in [0.15, 0.2) is 0 Å². The van der Waals surface area contributed by atoms with E-state index in [0.717, 1.165) is 6.42 Å². The molecule has 1 aliphatic rings. The zero-order chi connectivity index (χ0) is 11.6. The highest BCUT2D eigenvalue weighted by molar-refractivity contribution is 4.77. The zero-order valence-electron chi connectivity index (χ0n) is 11.0. The van der Waals surface area contributed by atoms with Crippen molar-refractivity contribution in [3.63, 3.8) is 0 Å². The predicted molar refractivity (Wildman–Crippen MR) is 66.6 cm³/mol. The van der Waals surface area contributed by atoms with Gasteiger partial charge in [0.2, 0.25) is 0 Å². The lowest BCUT2D eigenvalue weighted by atomic mass is 9.95. The number of likely N-dealkylation sites (tertiary alicyclic amines) is 1. The summed E-state index contributed by atoms with van der Waals surface area (Å²) in [5.74, 6) is 0.684. The molecule has 0 aromatic heterocycles. The van der Waals surface area contributed by atoms with Crippen molar-refractivity contribution in [1.82, 2.24) is 4.90 Å². The van der Waals surface area contributed by atoms with E-state index in [1.165, 1.54) is 19.5 Å². The first-order valence-electron chi connectivity index (χ1n) is 6.05. The second-order valence-electron chi connectivity index (χ2n) is 3.90. The third kappa shape index (κ3) is 8.52. The van der Waals surface area contributed by atoms with E-state index in [1.807, 2.05) is 13.8 Å². The topological polar surface area (TPSA) is 29.3 Å². The van der Waals surface area contributed by atoms with Crippen molar-refractivity contribution in [2.45, 2.75) is 53.5 Å². The quantitative estimate of drug-likeness (QED) is 0.654. The van der Waals surface area contributed by atoms with Crippen LogP contribution in [0.3, 0.4) is 0 Å². The van der Waals surface area contributed by atoms with Gasteiger partial charge in [0.1, 0.15) is 0 Å². The summed E-state index contributed by atoms with van der Waals surface area (Å²) in [6.07, 6.45) is 2.41. The minimum atomic E-state index is 0.446. The molecule has 0 saturated carbocycles. The maximum absolute atomic E-state index is 5.81. The van der Waals surface area contributed by atoms with Crippen molar-refractivity contribution in [2.75, 3.05) is 20.1 Å². The zero-order valence-corrected chi connectivity index (χ0v) is 11.0. The predicted octanol–water partition coefficient (Wildman–Crippen LogP) is 2.73. The molecule has 0 radical (unpaired) electrons. The lowest BCUT2D eigenvalue weighted by molar-refractivity contribution is 0.197. The Morgan fingerprint density at radius 2 is 1.71 bits per heavy atom. The van der Waals surface area contributed by atoms with Gasteiger partial charge in [-0.05, 0) is 25.9 Å². The van der Waals surface area contributed by atoms with Gasteiger partial charge in [-0.25, -0.2) is 0 Å². The van der Waals surface area contributed by atoms with Crippen LogP contribution in [0.2, 0.25) is 0 Å². The highest BCUT2D eigenvalue weighted by Crippen LogP contribution is 2.12. The van der Waals surface area contributed by atoms with Crippen LogP contribution in [0.25, 0.3) is 0 Å². The van der Waals surface area contributed by atoms with Crippen LogP contribution < -0.4 is 5.73 Å². The first-order valence-corrected chi connectivity index (χ1v) is 6.05. The average Bonchev–Trinajstić information content (AvgIpc) is 2.17. The molecule has 0 spiro atoms. The van der Waals surface area contributed by atoms with Crippen LogP contribution in [0.4, 0.5) is 0 Å². The summed E-state index contributed by atoms with van der Waals surface area (Å²) in [6.45, 7) is 12.8. The lowest BCUT2D eigenvalue weighted by Crippen LogP contribution is -2.44. The Labute approximate surface area is 90.9 Å². The van der Waals surface area contributed by atoms with Gasteiger partial charge in [0, 0.05) is 12.6 Å². The van der Waals surface area contributed by atoms with Gasteiger partial charge in [0.05, 0.1) is 0 Å². The minimum Gasteiger partial charge on any atom is -0.327 e. The molecule has 1 rings (SSSR count). The van der Waals surface area contributed by atoms with Gasteiger partial charge in [-0.15, -0.1) is 0 Å². The first kappa shape index (κ1) is 16.4. The highest BCUT2D eigenvalue weighted by Gasteiger charge is 2.19. The van der Waals surface area contributed by atoms with Crippen LogP contribution in [0.1, 0.15) is 47.5 Å². The van der Waals surface area contributed by atoms with E-state index in [1.54, 1.807) is 0 Å². The molecule has 2 unspecified atom stereocenters. The fourth-order valence-electron chi connectivity index (χ4n) is 1.37. The Balaban J connectivity index is 0. The van der Waals surface area contributed by atoms with E-state index < -0.39 is 0 Å². The van der Waals surface area contributed by atoms with Crippen molar-refractivity contribution < 1.29 is 0 Å². The van der Waals surface area contributed by atoms with E-state index in [0.29, 0.717) is 12.0 Å².